The Kier molecular flexibility index (Phi) is 6.85. The Morgan fingerprint density at radius 3 is 2.73 bits per heavy atom. The van der Waals surface area contributed by atoms with E-state index in [0.29, 0.717) is 13.0 Å². The number of hydrogen-bond donors (Lipinski definition) is 0. The average molecular weight is 231 g/mol. The monoisotopic (exact) mass is 231 g/mol. The number of esters is 1. The van der Waals surface area contributed by atoms with E-state index in [9.17, 15) is 4.79 Å². The van der Waals surface area contributed by atoms with Gasteiger partial charge in [0.15, 0.2) is 0 Å². The van der Waals surface area contributed by atoms with Gasteiger partial charge in [-0.2, -0.15) is 11.8 Å². The molecule has 0 aromatic heterocycles. The molecule has 0 saturated carbocycles. The van der Waals surface area contributed by atoms with E-state index in [1.807, 2.05) is 18.7 Å². The van der Waals surface area contributed by atoms with Crippen LogP contribution in [0.3, 0.4) is 0 Å². The van der Waals surface area contributed by atoms with E-state index in [2.05, 4.69) is 4.90 Å². The SMILES string of the molecule is CCOC(=O)CCSCCN1CCCC1. The summed E-state index contributed by atoms with van der Waals surface area (Å²) in [5.74, 6) is 1.97. The molecule has 3 nitrogen and oxygen atoms in total. The van der Waals surface area contributed by atoms with E-state index in [1.54, 1.807) is 0 Å². The van der Waals surface area contributed by atoms with Gasteiger partial charge in [-0.15, -0.1) is 0 Å². The van der Waals surface area contributed by atoms with Crippen LogP contribution in [0.2, 0.25) is 0 Å². The lowest BCUT2D eigenvalue weighted by molar-refractivity contribution is -0.142. The van der Waals surface area contributed by atoms with Crippen LogP contribution in [0, 0.1) is 0 Å². The second-order valence-electron chi connectivity index (χ2n) is 3.72. The Balaban J connectivity index is 1.86. The Morgan fingerprint density at radius 1 is 1.33 bits per heavy atom. The zero-order chi connectivity index (χ0) is 10.9. The first kappa shape index (κ1) is 12.8. The van der Waals surface area contributed by atoms with E-state index < -0.39 is 0 Å². The first-order chi connectivity index (χ1) is 7.33. The lowest BCUT2D eigenvalue weighted by Gasteiger charge is -2.13. The molecular weight excluding hydrogens is 210 g/mol. The Bertz CT molecular complexity index is 181. The van der Waals surface area contributed by atoms with Crippen LogP contribution in [0.5, 0.6) is 0 Å². The first-order valence-corrected chi connectivity index (χ1v) is 6.94. The molecule has 0 radical (unpaired) electrons. The van der Waals surface area contributed by atoms with Gasteiger partial charge in [-0.05, 0) is 32.9 Å². The maximum absolute atomic E-state index is 11.0. The summed E-state index contributed by atoms with van der Waals surface area (Å²) < 4.78 is 4.86. The smallest absolute Gasteiger partial charge is 0.306 e. The van der Waals surface area contributed by atoms with Gasteiger partial charge in [0.05, 0.1) is 13.0 Å². The molecule has 0 bridgehead atoms. The summed E-state index contributed by atoms with van der Waals surface area (Å²) in [4.78, 5) is 13.5. The fraction of sp³-hybridized carbons (Fsp3) is 0.909. The summed E-state index contributed by atoms with van der Waals surface area (Å²) in [5, 5.41) is 0. The number of nitrogens with zero attached hydrogens (tertiary/aromatic N) is 1. The van der Waals surface area contributed by atoms with Crippen LogP contribution in [-0.4, -0.2) is 48.6 Å². The number of thioether (sulfide) groups is 1. The molecule has 0 unspecified atom stereocenters. The van der Waals surface area contributed by atoms with Crippen molar-refractivity contribution in [1.82, 2.24) is 4.90 Å². The highest BCUT2D eigenvalue weighted by Crippen LogP contribution is 2.09. The topological polar surface area (TPSA) is 29.5 Å². The molecule has 1 rings (SSSR count). The fourth-order valence-electron chi connectivity index (χ4n) is 1.69. The van der Waals surface area contributed by atoms with Crippen LogP contribution < -0.4 is 0 Å². The van der Waals surface area contributed by atoms with E-state index in [-0.39, 0.29) is 5.97 Å². The molecule has 1 heterocycles. The van der Waals surface area contributed by atoms with Crippen molar-refractivity contribution >= 4 is 17.7 Å². The van der Waals surface area contributed by atoms with Crippen LogP contribution in [0.1, 0.15) is 26.2 Å². The normalized spacial score (nSPS) is 16.9. The molecule has 1 saturated heterocycles. The lowest BCUT2D eigenvalue weighted by atomic mass is 10.4. The standard InChI is InChI=1S/C11H21NO2S/c1-2-14-11(13)5-9-15-10-8-12-6-3-4-7-12/h2-10H2,1H3. The van der Waals surface area contributed by atoms with Gasteiger partial charge >= 0.3 is 5.97 Å². The van der Waals surface area contributed by atoms with Crippen LogP contribution in [-0.2, 0) is 9.53 Å². The van der Waals surface area contributed by atoms with Gasteiger partial charge in [-0.25, -0.2) is 0 Å². The van der Waals surface area contributed by atoms with E-state index in [1.165, 1.54) is 32.5 Å². The van der Waals surface area contributed by atoms with Gasteiger partial charge in [-0.3, -0.25) is 4.79 Å². The minimum atomic E-state index is -0.0637. The zero-order valence-corrected chi connectivity index (χ0v) is 10.4. The van der Waals surface area contributed by atoms with Gasteiger partial charge in [0.1, 0.15) is 0 Å². The maximum atomic E-state index is 11.0. The van der Waals surface area contributed by atoms with Crippen molar-refractivity contribution in [2.24, 2.45) is 0 Å². The van der Waals surface area contributed by atoms with Crippen molar-refractivity contribution in [3.8, 4) is 0 Å². The third-order valence-corrected chi connectivity index (χ3v) is 3.47. The largest absolute Gasteiger partial charge is 0.466 e. The highest BCUT2D eigenvalue weighted by molar-refractivity contribution is 7.99. The van der Waals surface area contributed by atoms with Crippen LogP contribution in [0.15, 0.2) is 0 Å². The first-order valence-electron chi connectivity index (χ1n) is 5.78. The zero-order valence-electron chi connectivity index (χ0n) is 9.54. The molecule has 0 aromatic carbocycles. The molecule has 1 fully saturated rings. The van der Waals surface area contributed by atoms with Gasteiger partial charge in [0.25, 0.3) is 0 Å². The molecule has 0 aromatic rings. The van der Waals surface area contributed by atoms with Crippen molar-refractivity contribution in [2.45, 2.75) is 26.2 Å². The second-order valence-corrected chi connectivity index (χ2v) is 4.94. The molecule has 1 aliphatic heterocycles. The highest BCUT2D eigenvalue weighted by Gasteiger charge is 2.10. The third kappa shape index (κ3) is 6.05. The lowest BCUT2D eigenvalue weighted by Crippen LogP contribution is -2.22. The van der Waals surface area contributed by atoms with Gasteiger partial charge in [0.2, 0.25) is 0 Å². The van der Waals surface area contributed by atoms with E-state index in [4.69, 9.17) is 4.74 Å². The van der Waals surface area contributed by atoms with Crippen LogP contribution in [0.25, 0.3) is 0 Å². The fourth-order valence-corrected chi connectivity index (χ4v) is 2.59. The molecule has 1 aliphatic rings. The number of carbonyl (C=O) groups excluding carboxylic acids is 1. The minimum absolute atomic E-state index is 0.0637. The van der Waals surface area contributed by atoms with Crippen molar-refractivity contribution in [2.75, 3.05) is 37.7 Å². The van der Waals surface area contributed by atoms with Crippen LogP contribution in [0.4, 0.5) is 0 Å². The maximum Gasteiger partial charge on any atom is 0.306 e. The van der Waals surface area contributed by atoms with Gasteiger partial charge in [-0.1, -0.05) is 0 Å². The molecule has 0 N–H and O–H groups in total. The van der Waals surface area contributed by atoms with Gasteiger partial charge < -0.3 is 9.64 Å². The predicted molar refractivity (Wildman–Crippen MR) is 64.2 cm³/mol. The van der Waals surface area contributed by atoms with Gasteiger partial charge in [0, 0.05) is 18.1 Å². The second kappa shape index (κ2) is 7.99. The number of rotatable bonds is 7. The average Bonchev–Trinajstić information content (AvgIpc) is 2.70. The van der Waals surface area contributed by atoms with Crippen molar-refractivity contribution < 1.29 is 9.53 Å². The van der Waals surface area contributed by atoms with E-state index in [0.717, 1.165) is 11.5 Å². The number of likely N-dealkylation sites (tertiary alicyclic amines) is 1. The molecule has 0 atom stereocenters. The molecule has 0 spiro atoms. The van der Waals surface area contributed by atoms with Crippen molar-refractivity contribution in [3.05, 3.63) is 0 Å². The predicted octanol–water partition coefficient (Wildman–Crippen LogP) is 1.77. The Hall–Kier alpha value is -0.220. The quantitative estimate of drug-likeness (QED) is 0.493. The third-order valence-electron chi connectivity index (χ3n) is 2.51. The summed E-state index contributed by atoms with van der Waals surface area (Å²) in [7, 11) is 0. The molecule has 88 valence electrons. The minimum Gasteiger partial charge on any atom is -0.466 e. The highest BCUT2D eigenvalue weighted by atomic mass is 32.2. The Morgan fingerprint density at radius 2 is 2.07 bits per heavy atom. The molecule has 0 amide bonds. The van der Waals surface area contributed by atoms with E-state index >= 15 is 0 Å². The summed E-state index contributed by atoms with van der Waals surface area (Å²) >= 11 is 1.85. The molecule has 4 heteroatoms. The molecular formula is C11H21NO2S. The Labute approximate surface area is 96.5 Å². The number of hydrogen-bond acceptors (Lipinski definition) is 4. The number of ether oxygens (including phenoxy) is 1. The summed E-state index contributed by atoms with van der Waals surface area (Å²) in [6, 6.07) is 0. The van der Waals surface area contributed by atoms with Crippen molar-refractivity contribution in [3.63, 3.8) is 0 Å². The summed E-state index contributed by atoms with van der Waals surface area (Å²) in [6.45, 7) is 6.04. The van der Waals surface area contributed by atoms with Crippen LogP contribution >= 0.6 is 11.8 Å². The molecule has 15 heavy (non-hydrogen) atoms. The molecule has 0 aliphatic carbocycles. The number of carbonyl (C=O) groups is 1. The summed E-state index contributed by atoms with van der Waals surface area (Å²) in [5.41, 5.74) is 0. The summed E-state index contributed by atoms with van der Waals surface area (Å²) in [6.07, 6.45) is 3.26. The van der Waals surface area contributed by atoms with Crippen molar-refractivity contribution in [1.29, 1.82) is 0 Å².